The Balaban J connectivity index is 1.46. The first-order chi connectivity index (χ1) is 14.4. The minimum atomic E-state index is -1.05. The molecule has 2 aliphatic rings. The number of hydrogen-bond donors (Lipinski definition) is 1. The molecule has 4 rings (SSSR count). The highest BCUT2D eigenvalue weighted by Gasteiger charge is 2.23. The van der Waals surface area contributed by atoms with E-state index in [0.717, 1.165) is 30.1 Å². The van der Waals surface area contributed by atoms with E-state index in [2.05, 4.69) is 4.90 Å². The molecule has 0 saturated carbocycles. The van der Waals surface area contributed by atoms with Crippen LogP contribution in [-0.4, -0.2) is 61.8 Å². The van der Waals surface area contributed by atoms with E-state index in [1.165, 1.54) is 11.0 Å². The number of carboxylic acids is 1. The lowest BCUT2D eigenvalue weighted by molar-refractivity contribution is -0.126. The SMILES string of the molecule is Cc1oc(CN(C)C(=O)C2=Cc3ccc(N4CCOCC4)cc3OC2)cc1C(=O)O. The molecular weight excluding hydrogens is 388 g/mol. The van der Waals surface area contributed by atoms with Crippen molar-refractivity contribution in [1.29, 1.82) is 0 Å². The summed E-state index contributed by atoms with van der Waals surface area (Å²) in [6, 6.07) is 7.44. The Labute approximate surface area is 174 Å². The number of amides is 1. The molecule has 0 bridgehead atoms. The predicted octanol–water partition coefficient (Wildman–Crippen LogP) is 2.56. The minimum Gasteiger partial charge on any atom is -0.488 e. The fourth-order valence-corrected chi connectivity index (χ4v) is 3.68. The number of hydrogen-bond acceptors (Lipinski definition) is 6. The van der Waals surface area contributed by atoms with Crippen LogP contribution in [0.3, 0.4) is 0 Å². The molecule has 1 fully saturated rings. The van der Waals surface area contributed by atoms with Crippen molar-refractivity contribution >= 4 is 23.6 Å². The zero-order valence-electron chi connectivity index (χ0n) is 17.0. The fraction of sp³-hybridized carbons (Fsp3) is 0.364. The van der Waals surface area contributed by atoms with Crippen LogP contribution < -0.4 is 9.64 Å². The van der Waals surface area contributed by atoms with Gasteiger partial charge in [-0.05, 0) is 31.2 Å². The number of likely N-dealkylation sites (N-methyl/N-ethyl adjacent to an activating group) is 1. The maximum absolute atomic E-state index is 12.8. The van der Waals surface area contributed by atoms with Crippen LogP contribution in [0, 0.1) is 6.92 Å². The van der Waals surface area contributed by atoms with Gasteiger partial charge in [0.25, 0.3) is 5.91 Å². The van der Waals surface area contributed by atoms with Crippen LogP contribution in [0.4, 0.5) is 5.69 Å². The van der Waals surface area contributed by atoms with Crippen molar-refractivity contribution in [2.45, 2.75) is 13.5 Å². The number of nitrogens with zero attached hydrogens (tertiary/aromatic N) is 2. The van der Waals surface area contributed by atoms with Gasteiger partial charge in [0.2, 0.25) is 0 Å². The van der Waals surface area contributed by atoms with Crippen LogP contribution >= 0.6 is 0 Å². The van der Waals surface area contributed by atoms with Gasteiger partial charge in [0.1, 0.15) is 29.4 Å². The van der Waals surface area contributed by atoms with E-state index >= 15 is 0 Å². The summed E-state index contributed by atoms with van der Waals surface area (Å²) in [4.78, 5) is 27.8. The Hall–Kier alpha value is -3.26. The van der Waals surface area contributed by atoms with Gasteiger partial charge in [-0.3, -0.25) is 4.79 Å². The van der Waals surface area contributed by atoms with Crippen molar-refractivity contribution < 1.29 is 28.6 Å². The van der Waals surface area contributed by atoms with E-state index in [4.69, 9.17) is 19.0 Å². The van der Waals surface area contributed by atoms with Crippen molar-refractivity contribution in [3.8, 4) is 5.75 Å². The Morgan fingerprint density at radius 1 is 1.20 bits per heavy atom. The number of ether oxygens (including phenoxy) is 2. The lowest BCUT2D eigenvalue weighted by atomic mass is 10.1. The third-order valence-corrected chi connectivity index (χ3v) is 5.30. The molecule has 0 unspecified atom stereocenters. The molecule has 1 amide bonds. The van der Waals surface area contributed by atoms with Crippen molar-refractivity contribution in [2.24, 2.45) is 0 Å². The van der Waals surface area contributed by atoms with Crippen LogP contribution in [0.1, 0.15) is 27.4 Å². The monoisotopic (exact) mass is 412 g/mol. The number of carbonyl (C=O) groups excluding carboxylic acids is 1. The number of carbonyl (C=O) groups is 2. The fourth-order valence-electron chi connectivity index (χ4n) is 3.68. The highest BCUT2D eigenvalue weighted by atomic mass is 16.5. The van der Waals surface area contributed by atoms with Gasteiger partial charge in [0, 0.05) is 37.5 Å². The van der Waals surface area contributed by atoms with Crippen LogP contribution in [0.25, 0.3) is 6.08 Å². The van der Waals surface area contributed by atoms with Gasteiger partial charge in [0.05, 0.1) is 25.3 Å². The molecule has 1 aromatic carbocycles. The van der Waals surface area contributed by atoms with E-state index in [1.54, 1.807) is 14.0 Å². The lowest BCUT2D eigenvalue weighted by Gasteiger charge is -2.30. The summed E-state index contributed by atoms with van der Waals surface area (Å²) in [6.45, 7) is 5.07. The molecule has 8 heteroatoms. The molecule has 1 aromatic heterocycles. The van der Waals surface area contributed by atoms with Gasteiger partial charge >= 0.3 is 5.97 Å². The number of fused-ring (bicyclic) bond motifs is 1. The topological polar surface area (TPSA) is 92.5 Å². The van der Waals surface area contributed by atoms with E-state index in [-0.39, 0.29) is 24.6 Å². The Morgan fingerprint density at radius 3 is 2.67 bits per heavy atom. The first kappa shape index (κ1) is 20.0. The molecule has 3 heterocycles. The molecular formula is C22H24N2O6. The largest absolute Gasteiger partial charge is 0.488 e. The zero-order valence-corrected chi connectivity index (χ0v) is 17.0. The van der Waals surface area contributed by atoms with Crippen LogP contribution in [0.5, 0.6) is 5.75 Å². The van der Waals surface area contributed by atoms with Crippen LogP contribution in [-0.2, 0) is 16.1 Å². The summed E-state index contributed by atoms with van der Waals surface area (Å²) < 4.78 is 16.7. The summed E-state index contributed by atoms with van der Waals surface area (Å²) in [5.74, 6) is 0.264. The van der Waals surface area contributed by atoms with Crippen molar-refractivity contribution in [3.05, 3.63) is 52.5 Å². The van der Waals surface area contributed by atoms with Gasteiger partial charge < -0.3 is 28.8 Å². The molecule has 158 valence electrons. The second-order valence-electron chi connectivity index (χ2n) is 7.43. The second kappa shape index (κ2) is 8.23. The molecule has 0 aliphatic carbocycles. The summed E-state index contributed by atoms with van der Waals surface area (Å²) in [6.07, 6.45) is 1.84. The van der Waals surface area contributed by atoms with E-state index in [1.807, 2.05) is 24.3 Å². The number of furan rings is 1. The molecule has 0 spiro atoms. The molecule has 2 aromatic rings. The van der Waals surface area contributed by atoms with Crippen molar-refractivity contribution in [1.82, 2.24) is 4.90 Å². The maximum atomic E-state index is 12.8. The average Bonchev–Trinajstić information content (AvgIpc) is 3.13. The highest BCUT2D eigenvalue weighted by Crippen LogP contribution is 2.32. The average molecular weight is 412 g/mol. The van der Waals surface area contributed by atoms with Crippen molar-refractivity contribution in [2.75, 3.05) is 44.9 Å². The summed E-state index contributed by atoms with van der Waals surface area (Å²) in [5.41, 5.74) is 2.58. The lowest BCUT2D eigenvalue weighted by Crippen LogP contribution is -2.36. The van der Waals surface area contributed by atoms with Gasteiger partial charge in [0.15, 0.2) is 0 Å². The summed E-state index contributed by atoms with van der Waals surface area (Å²) >= 11 is 0. The van der Waals surface area contributed by atoms with E-state index < -0.39 is 5.97 Å². The summed E-state index contributed by atoms with van der Waals surface area (Å²) in [5, 5.41) is 9.15. The van der Waals surface area contributed by atoms with Crippen LogP contribution in [0.2, 0.25) is 0 Å². The molecule has 1 saturated heterocycles. The van der Waals surface area contributed by atoms with E-state index in [0.29, 0.717) is 30.3 Å². The predicted molar refractivity (Wildman–Crippen MR) is 110 cm³/mol. The smallest absolute Gasteiger partial charge is 0.339 e. The van der Waals surface area contributed by atoms with Gasteiger partial charge in [-0.15, -0.1) is 0 Å². The Morgan fingerprint density at radius 2 is 1.97 bits per heavy atom. The number of aromatic carboxylic acids is 1. The van der Waals surface area contributed by atoms with E-state index in [9.17, 15) is 9.59 Å². The van der Waals surface area contributed by atoms with Gasteiger partial charge in [-0.1, -0.05) is 0 Å². The third kappa shape index (κ3) is 4.04. The molecule has 1 N–H and O–H groups in total. The van der Waals surface area contributed by atoms with Crippen LogP contribution in [0.15, 0.2) is 34.3 Å². The number of anilines is 1. The molecule has 8 nitrogen and oxygen atoms in total. The molecule has 0 atom stereocenters. The molecule has 0 radical (unpaired) electrons. The number of aryl methyl sites for hydroxylation is 1. The van der Waals surface area contributed by atoms with Crippen molar-refractivity contribution in [3.63, 3.8) is 0 Å². The number of rotatable bonds is 5. The number of morpholine rings is 1. The second-order valence-corrected chi connectivity index (χ2v) is 7.43. The zero-order chi connectivity index (χ0) is 21.3. The molecule has 2 aliphatic heterocycles. The first-order valence-corrected chi connectivity index (χ1v) is 9.80. The van der Waals surface area contributed by atoms with Gasteiger partial charge in [-0.25, -0.2) is 4.79 Å². The third-order valence-electron chi connectivity index (χ3n) is 5.30. The Kier molecular flexibility index (Phi) is 5.50. The summed E-state index contributed by atoms with van der Waals surface area (Å²) in [7, 11) is 1.65. The quantitative estimate of drug-likeness (QED) is 0.807. The highest BCUT2D eigenvalue weighted by molar-refractivity contribution is 5.99. The van der Waals surface area contributed by atoms with Gasteiger partial charge in [-0.2, -0.15) is 0 Å². The maximum Gasteiger partial charge on any atom is 0.339 e. The Bertz CT molecular complexity index is 1000. The molecule has 30 heavy (non-hydrogen) atoms. The standard InChI is InChI=1S/C22H24N2O6/c1-14-19(22(26)27)11-18(30-14)12-23(2)21(25)16-9-15-3-4-17(10-20(15)29-13-16)24-5-7-28-8-6-24/h3-4,9-11H,5-8,12-13H2,1-2H3,(H,26,27). The first-order valence-electron chi connectivity index (χ1n) is 9.80. The normalized spacial score (nSPS) is 15.8. The number of benzene rings is 1. The number of carboxylic acid groups (broad SMARTS) is 1. The minimum absolute atomic E-state index is 0.107.